The van der Waals surface area contributed by atoms with Gasteiger partial charge in [0.1, 0.15) is 4.90 Å². The molecule has 0 amide bonds. The maximum atomic E-state index is 12.3. The molecule has 0 aliphatic carbocycles. The Bertz CT molecular complexity index is 574. The predicted octanol–water partition coefficient (Wildman–Crippen LogP) is 0.986. The second-order valence-electron chi connectivity index (χ2n) is 4.44. The topological polar surface area (TPSA) is 83.6 Å². The second-order valence-corrected chi connectivity index (χ2v) is 6.76. The summed E-state index contributed by atoms with van der Waals surface area (Å²) < 4.78 is 25.9. The fourth-order valence-corrected chi connectivity index (χ4v) is 4.02. The van der Waals surface area contributed by atoms with E-state index in [-0.39, 0.29) is 16.5 Å². The lowest BCUT2D eigenvalue weighted by Crippen LogP contribution is -2.30. The number of aliphatic hydroxyl groups is 1. The number of sulfonamides is 1. The van der Waals surface area contributed by atoms with Crippen LogP contribution in [0.3, 0.4) is 0 Å². The molecule has 1 aromatic rings. The highest BCUT2D eigenvalue weighted by molar-refractivity contribution is 7.89. The van der Waals surface area contributed by atoms with Crippen LogP contribution in [0.25, 0.3) is 0 Å². The zero-order valence-corrected chi connectivity index (χ0v) is 11.5. The van der Waals surface area contributed by atoms with E-state index in [2.05, 4.69) is 0 Å². The molecule has 1 aromatic carbocycles. The van der Waals surface area contributed by atoms with Crippen LogP contribution in [0.4, 0.5) is 5.69 Å². The number of aryl methyl sites for hydroxylation is 1. The number of anilines is 1. The second kappa shape index (κ2) is 4.70. The lowest BCUT2D eigenvalue weighted by molar-refractivity contribution is 0.189. The molecule has 1 atom stereocenters. The predicted molar refractivity (Wildman–Crippen MR) is 70.0 cm³/mol. The summed E-state index contributed by atoms with van der Waals surface area (Å²) in [6.45, 7) is 2.16. The van der Waals surface area contributed by atoms with Crippen LogP contribution in [-0.2, 0) is 10.0 Å². The highest BCUT2D eigenvalue weighted by atomic mass is 35.5. The summed E-state index contributed by atoms with van der Waals surface area (Å²) in [6, 6.07) is 2.91. The van der Waals surface area contributed by atoms with Crippen molar-refractivity contribution in [2.24, 2.45) is 0 Å². The van der Waals surface area contributed by atoms with Crippen LogP contribution in [0, 0.1) is 6.92 Å². The zero-order valence-electron chi connectivity index (χ0n) is 9.93. The first kappa shape index (κ1) is 13.6. The van der Waals surface area contributed by atoms with E-state index < -0.39 is 16.1 Å². The SMILES string of the molecule is Cc1cc(Cl)c(S(=O)(=O)N2CC[C@H](O)C2)cc1N. The van der Waals surface area contributed by atoms with Gasteiger partial charge >= 0.3 is 0 Å². The first-order valence-corrected chi connectivity index (χ1v) is 7.38. The Morgan fingerprint density at radius 3 is 2.72 bits per heavy atom. The fourth-order valence-electron chi connectivity index (χ4n) is 1.93. The van der Waals surface area contributed by atoms with Gasteiger partial charge in [-0.3, -0.25) is 0 Å². The highest BCUT2D eigenvalue weighted by Gasteiger charge is 2.33. The molecule has 0 saturated carbocycles. The highest BCUT2D eigenvalue weighted by Crippen LogP contribution is 2.30. The van der Waals surface area contributed by atoms with Gasteiger partial charge in [0.2, 0.25) is 10.0 Å². The maximum absolute atomic E-state index is 12.3. The minimum absolute atomic E-state index is 0.00127. The van der Waals surface area contributed by atoms with Gasteiger partial charge in [0, 0.05) is 18.8 Å². The van der Waals surface area contributed by atoms with Crippen LogP contribution in [0.2, 0.25) is 5.02 Å². The molecule has 0 aromatic heterocycles. The summed E-state index contributed by atoms with van der Waals surface area (Å²) in [6.07, 6.45) is -0.167. The normalized spacial score (nSPS) is 21.4. The monoisotopic (exact) mass is 290 g/mol. The molecule has 1 saturated heterocycles. The molecule has 1 aliphatic rings. The number of hydrogen-bond donors (Lipinski definition) is 2. The molecule has 0 bridgehead atoms. The Balaban J connectivity index is 2.45. The number of nitrogens with two attached hydrogens (primary N) is 1. The lowest BCUT2D eigenvalue weighted by Gasteiger charge is -2.17. The van der Waals surface area contributed by atoms with Gasteiger partial charge in [0.15, 0.2) is 0 Å². The number of nitrogen functional groups attached to an aromatic ring is 1. The number of β-amino-alcohol motifs (C(OH)–C–C–N with tert-alkyl or cyclic N) is 1. The summed E-state index contributed by atoms with van der Waals surface area (Å²) in [7, 11) is -3.68. The van der Waals surface area contributed by atoms with Crippen molar-refractivity contribution in [2.45, 2.75) is 24.3 Å². The summed E-state index contributed by atoms with van der Waals surface area (Å²) in [5, 5.41) is 9.57. The van der Waals surface area contributed by atoms with Gasteiger partial charge in [0.05, 0.1) is 11.1 Å². The van der Waals surface area contributed by atoms with Gasteiger partial charge in [-0.2, -0.15) is 4.31 Å². The largest absolute Gasteiger partial charge is 0.398 e. The first-order valence-electron chi connectivity index (χ1n) is 5.56. The summed E-state index contributed by atoms with van der Waals surface area (Å²) in [5.74, 6) is 0. The average molecular weight is 291 g/mol. The molecule has 1 aliphatic heterocycles. The number of hydrogen-bond acceptors (Lipinski definition) is 4. The van der Waals surface area contributed by atoms with E-state index >= 15 is 0 Å². The van der Waals surface area contributed by atoms with E-state index in [4.69, 9.17) is 17.3 Å². The maximum Gasteiger partial charge on any atom is 0.244 e. The zero-order chi connectivity index (χ0) is 13.5. The standard InChI is InChI=1S/C11H15ClN2O3S/c1-7-4-9(12)11(5-10(7)13)18(16,17)14-3-2-8(15)6-14/h4-5,8,15H,2-3,6,13H2,1H3/t8-/m0/s1. The van der Waals surface area contributed by atoms with E-state index in [0.29, 0.717) is 18.7 Å². The molecule has 1 heterocycles. The minimum atomic E-state index is -3.68. The van der Waals surface area contributed by atoms with Crippen LogP contribution in [0.15, 0.2) is 17.0 Å². The number of aliphatic hydroxyl groups excluding tert-OH is 1. The third kappa shape index (κ3) is 2.33. The van der Waals surface area contributed by atoms with Crippen LogP contribution in [0.1, 0.15) is 12.0 Å². The van der Waals surface area contributed by atoms with Crippen molar-refractivity contribution in [1.29, 1.82) is 0 Å². The van der Waals surface area contributed by atoms with E-state index in [1.807, 2.05) is 0 Å². The van der Waals surface area contributed by atoms with Gasteiger partial charge in [-0.25, -0.2) is 8.42 Å². The Hall–Kier alpha value is -0.820. The number of rotatable bonds is 2. The molecular weight excluding hydrogens is 276 g/mol. The fraction of sp³-hybridized carbons (Fsp3) is 0.455. The molecule has 3 N–H and O–H groups in total. The number of nitrogens with zero attached hydrogens (tertiary/aromatic N) is 1. The molecule has 2 rings (SSSR count). The van der Waals surface area contributed by atoms with Gasteiger partial charge in [0.25, 0.3) is 0 Å². The van der Waals surface area contributed by atoms with E-state index in [1.54, 1.807) is 6.92 Å². The van der Waals surface area contributed by atoms with Crippen molar-refractivity contribution in [3.05, 3.63) is 22.7 Å². The Labute approximate surface area is 111 Å². The van der Waals surface area contributed by atoms with Crippen molar-refractivity contribution in [2.75, 3.05) is 18.8 Å². The van der Waals surface area contributed by atoms with Gasteiger partial charge in [-0.05, 0) is 31.0 Å². The van der Waals surface area contributed by atoms with E-state index in [0.717, 1.165) is 5.56 Å². The van der Waals surface area contributed by atoms with Crippen LogP contribution in [0.5, 0.6) is 0 Å². The van der Waals surface area contributed by atoms with Crippen molar-refractivity contribution in [3.63, 3.8) is 0 Å². The average Bonchev–Trinajstić information content (AvgIpc) is 2.70. The van der Waals surface area contributed by atoms with Crippen LogP contribution in [-0.4, -0.2) is 37.0 Å². The van der Waals surface area contributed by atoms with Crippen LogP contribution >= 0.6 is 11.6 Å². The molecule has 7 heteroatoms. The quantitative estimate of drug-likeness (QED) is 0.796. The molecule has 18 heavy (non-hydrogen) atoms. The van der Waals surface area contributed by atoms with Gasteiger partial charge in [-0.15, -0.1) is 0 Å². The molecule has 0 radical (unpaired) electrons. The molecule has 1 fully saturated rings. The smallest absolute Gasteiger partial charge is 0.244 e. The van der Waals surface area contributed by atoms with E-state index in [1.165, 1.54) is 16.4 Å². The van der Waals surface area contributed by atoms with Crippen LogP contribution < -0.4 is 5.73 Å². The Morgan fingerprint density at radius 1 is 1.50 bits per heavy atom. The van der Waals surface area contributed by atoms with Crippen molar-refractivity contribution in [1.82, 2.24) is 4.31 Å². The van der Waals surface area contributed by atoms with E-state index in [9.17, 15) is 13.5 Å². The van der Waals surface area contributed by atoms with Gasteiger partial charge < -0.3 is 10.8 Å². The number of halogens is 1. The third-order valence-corrected chi connectivity index (χ3v) is 5.39. The summed E-state index contributed by atoms with van der Waals surface area (Å²) in [5.41, 5.74) is 6.84. The van der Waals surface area contributed by atoms with Crippen molar-refractivity contribution < 1.29 is 13.5 Å². The molecule has 5 nitrogen and oxygen atoms in total. The molecular formula is C11H15ClN2O3S. The van der Waals surface area contributed by atoms with Crippen molar-refractivity contribution >= 4 is 27.3 Å². The summed E-state index contributed by atoms with van der Waals surface area (Å²) >= 11 is 5.98. The molecule has 100 valence electrons. The number of benzene rings is 1. The third-order valence-electron chi connectivity index (χ3n) is 3.06. The van der Waals surface area contributed by atoms with Crippen molar-refractivity contribution in [3.8, 4) is 0 Å². The molecule has 0 spiro atoms. The Kier molecular flexibility index (Phi) is 3.55. The summed E-state index contributed by atoms with van der Waals surface area (Å²) in [4.78, 5) is 0.00127. The lowest BCUT2D eigenvalue weighted by atomic mass is 10.2. The van der Waals surface area contributed by atoms with Gasteiger partial charge in [-0.1, -0.05) is 11.6 Å². The Morgan fingerprint density at radius 2 is 2.17 bits per heavy atom. The first-order chi connectivity index (χ1) is 8.32. The molecule has 0 unspecified atom stereocenters. The minimum Gasteiger partial charge on any atom is -0.398 e.